The monoisotopic (exact) mass is 310 g/mol. The molecule has 0 saturated carbocycles. The molecule has 1 amide bonds. The van der Waals surface area contributed by atoms with Crippen molar-refractivity contribution >= 4 is 17.2 Å². The highest BCUT2D eigenvalue weighted by Crippen LogP contribution is 2.23. The summed E-state index contributed by atoms with van der Waals surface area (Å²) in [5.74, 6) is 5.04. The molecule has 116 valence electrons. The molecule has 3 N–H and O–H groups in total. The van der Waals surface area contributed by atoms with Gasteiger partial charge in [-0.05, 0) is 23.4 Å². The summed E-state index contributed by atoms with van der Waals surface area (Å²) >= 11 is 1.45. The first-order valence-electron chi connectivity index (χ1n) is 7.39. The molecule has 0 bridgehead atoms. The van der Waals surface area contributed by atoms with E-state index < -0.39 is 0 Å². The fraction of sp³-hybridized carbons (Fsp3) is 0.643. The van der Waals surface area contributed by atoms with Crippen molar-refractivity contribution in [2.24, 2.45) is 5.84 Å². The molecule has 21 heavy (non-hydrogen) atoms. The van der Waals surface area contributed by atoms with Crippen LogP contribution in [0.25, 0.3) is 0 Å². The SMILES string of the molecule is NNC(=O)c1sccc1CN1CCC(N2CCOCC2)C1. The third-order valence-corrected chi connectivity index (χ3v) is 5.24. The Morgan fingerprint density at radius 2 is 2.24 bits per heavy atom. The molecule has 3 heterocycles. The van der Waals surface area contributed by atoms with E-state index in [1.807, 2.05) is 11.4 Å². The first-order chi connectivity index (χ1) is 10.3. The molecule has 1 atom stereocenters. The number of morpholine rings is 1. The number of thiophene rings is 1. The number of carbonyl (C=O) groups excluding carboxylic acids is 1. The molecule has 2 aliphatic rings. The van der Waals surface area contributed by atoms with Gasteiger partial charge in [0.2, 0.25) is 0 Å². The number of amides is 1. The molecule has 0 radical (unpaired) electrons. The second-order valence-corrected chi connectivity index (χ2v) is 6.49. The van der Waals surface area contributed by atoms with Gasteiger partial charge in [-0.15, -0.1) is 11.3 Å². The van der Waals surface area contributed by atoms with E-state index in [1.165, 1.54) is 17.8 Å². The van der Waals surface area contributed by atoms with Crippen LogP contribution in [-0.4, -0.2) is 61.1 Å². The Labute approximate surface area is 128 Å². The lowest BCUT2D eigenvalue weighted by Crippen LogP contribution is -2.44. The molecular weight excluding hydrogens is 288 g/mol. The number of hydrogen-bond acceptors (Lipinski definition) is 6. The van der Waals surface area contributed by atoms with Gasteiger partial charge in [0.1, 0.15) is 0 Å². The van der Waals surface area contributed by atoms with Gasteiger partial charge in [0.15, 0.2) is 0 Å². The van der Waals surface area contributed by atoms with E-state index >= 15 is 0 Å². The van der Waals surface area contributed by atoms with E-state index in [0.29, 0.717) is 6.04 Å². The summed E-state index contributed by atoms with van der Waals surface area (Å²) in [7, 11) is 0. The quantitative estimate of drug-likeness (QED) is 0.474. The summed E-state index contributed by atoms with van der Waals surface area (Å²) in [4.78, 5) is 17.4. The van der Waals surface area contributed by atoms with Gasteiger partial charge < -0.3 is 4.74 Å². The van der Waals surface area contributed by atoms with Crippen molar-refractivity contribution in [1.29, 1.82) is 0 Å². The molecule has 7 heteroatoms. The lowest BCUT2D eigenvalue weighted by Gasteiger charge is -2.32. The molecule has 2 fully saturated rings. The van der Waals surface area contributed by atoms with Crippen LogP contribution in [0.3, 0.4) is 0 Å². The van der Waals surface area contributed by atoms with E-state index in [-0.39, 0.29) is 5.91 Å². The zero-order chi connectivity index (χ0) is 14.7. The third-order valence-electron chi connectivity index (χ3n) is 4.29. The summed E-state index contributed by atoms with van der Waals surface area (Å²) in [6.45, 7) is 6.76. The fourth-order valence-electron chi connectivity index (χ4n) is 3.16. The van der Waals surface area contributed by atoms with Gasteiger partial charge in [0.25, 0.3) is 5.91 Å². The smallest absolute Gasteiger partial charge is 0.275 e. The van der Waals surface area contributed by atoms with Crippen LogP contribution in [0.5, 0.6) is 0 Å². The molecule has 6 nitrogen and oxygen atoms in total. The van der Waals surface area contributed by atoms with Crippen molar-refractivity contribution in [1.82, 2.24) is 15.2 Å². The largest absolute Gasteiger partial charge is 0.379 e. The summed E-state index contributed by atoms with van der Waals surface area (Å²) in [6, 6.07) is 2.65. The topological polar surface area (TPSA) is 70.8 Å². The number of nitrogen functional groups attached to an aromatic ring is 1. The van der Waals surface area contributed by atoms with Gasteiger partial charge in [-0.2, -0.15) is 0 Å². The van der Waals surface area contributed by atoms with E-state index in [9.17, 15) is 4.79 Å². The van der Waals surface area contributed by atoms with Crippen LogP contribution in [0.2, 0.25) is 0 Å². The maximum Gasteiger partial charge on any atom is 0.275 e. The Kier molecular flexibility index (Phi) is 4.87. The molecule has 2 aliphatic heterocycles. The van der Waals surface area contributed by atoms with Crippen LogP contribution in [0.1, 0.15) is 21.7 Å². The van der Waals surface area contributed by atoms with Crippen molar-refractivity contribution in [3.8, 4) is 0 Å². The summed E-state index contributed by atoms with van der Waals surface area (Å²) in [6.07, 6.45) is 1.20. The van der Waals surface area contributed by atoms with E-state index in [1.54, 1.807) is 0 Å². The minimum absolute atomic E-state index is 0.191. The summed E-state index contributed by atoms with van der Waals surface area (Å²) in [5.41, 5.74) is 3.30. The van der Waals surface area contributed by atoms with Gasteiger partial charge in [-0.25, -0.2) is 5.84 Å². The number of nitrogens with zero attached hydrogens (tertiary/aromatic N) is 2. The van der Waals surface area contributed by atoms with E-state index in [4.69, 9.17) is 10.6 Å². The Bertz CT molecular complexity index is 487. The highest BCUT2D eigenvalue weighted by Gasteiger charge is 2.29. The molecule has 1 aromatic heterocycles. The van der Waals surface area contributed by atoms with Crippen molar-refractivity contribution in [3.63, 3.8) is 0 Å². The standard InChI is InChI=1S/C14H22N4O2S/c15-16-14(19)13-11(2-8-21-13)9-17-3-1-12(10-17)18-4-6-20-7-5-18/h2,8,12H,1,3-7,9-10,15H2,(H,16,19). The highest BCUT2D eigenvalue weighted by molar-refractivity contribution is 7.12. The molecule has 2 saturated heterocycles. The number of nitrogens with one attached hydrogen (secondary N) is 1. The van der Waals surface area contributed by atoms with Gasteiger partial charge in [-0.3, -0.25) is 20.0 Å². The van der Waals surface area contributed by atoms with Gasteiger partial charge >= 0.3 is 0 Å². The van der Waals surface area contributed by atoms with E-state index in [2.05, 4.69) is 15.2 Å². The molecule has 1 unspecified atom stereocenters. The number of ether oxygens (including phenoxy) is 1. The summed E-state index contributed by atoms with van der Waals surface area (Å²) in [5, 5.41) is 1.95. The number of nitrogens with two attached hydrogens (primary N) is 1. The molecule has 0 spiro atoms. The van der Waals surface area contributed by atoms with E-state index in [0.717, 1.165) is 56.4 Å². The predicted molar refractivity (Wildman–Crippen MR) is 82.0 cm³/mol. The number of likely N-dealkylation sites (tertiary alicyclic amines) is 1. The zero-order valence-electron chi connectivity index (χ0n) is 12.1. The molecule has 0 aliphatic carbocycles. The lowest BCUT2D eigenvalue weighted by atomic mass is 10.2. The van der Waals surface area contributed by atoms with Gasteiger partial charge in [-0.1, -0.05) is 0 Å². The Morgan fingerprint density at radius 1 is 1.43 bits per heavy atom. The third kappa shape index (κ3) is 3.44. The van der Waals surface area contributed by atoms with Crippen molar-refractivity contribution < 1.29 is 9.53 Å². The summed E-state index contributed by atoms with van der Waals surface area (Å²) < 4.78 is 5.42. The number of carbonyl (C=O) groups is 1. The van der Waals surface area contributed by atoms with Crippen LogP contribution in [-0.2, 0) is 11.3 Å². The Morgan fingerprint density at radius 3 is 3.00 bits per heavy atom. The molecule has 0 aromatic carbocycles. The first kappa shape index (κ1) is 14.9. The van der Waals surface area contributed by atoms with Crippen molar-refractivity contribution in [2.45, 2.75) is 19.0 Å². The lowest BCUT2D eigenvalue weighted by molar-refractivity contribution is 0.0184. The highest BCUT2D eigenvalue weighted by atomic mass is 32.1. The zero-order valence-corrected chi connectivity index (χ0v) is 12.9. The first-order valence-corrected chi connectivity index (χ1v) is 8.27. The van der Waals surface area contributed by atoms with Crippen LogP contribution < -0.4 is 11.3 Å². The van der Waals surface area contributed by atoms with Crippen LogP contribution in [0.15, 0.2) is 11.4 Å². The molecule has 1 aromatic rings. The average molecular weight is 310 g/mol. The molecule has 3 rings (SSSR count). The van der Waals surface area contributed by atoms with Crippen LogP contribution >= 0.6 is 11.3 Å². The van der Waals surface area contributed by atoms with Gasteiger partial charge in [0.05, 0.1) is 18.1 Å². The Balaban J connectivity index is 1.57. The maximum atomic E-state index is 11.7. The number of hydrogen-bond donors (Lipinski definition) is 2. The fourth-order valence-corrected chi connectivity index (χ4v) is 3.98. The van der Waals surface area contributed by atoms with Crippen molar-refractivity contribution in [2.75, 3.05) is 39.4 Å². The van der Waals surface area contributed by atoms with Gasteiger partial charge in [0, 0.05) is 38.8 Å². The minimum Gasteiger partial charge on any atom is -0.379 e. The predicted octanol–water partition coefficient (Wildman–Crippen LogP) is 0.258. The van der Waals surface area contributed by atoms with Crippen LogP contribution in [0.4, 0.5) is 0 Å². The minimum atomic E-state index is -0.191. The second kappa shape index (κ2) is 6.85. The second-order valence-electron chi connectivity index (χ2n) is 5.57. The maximum absolute atomic E-state index is 11.7. The number of rotatable bonds is 4. The number of hydrazine groups is 1. The Hall–Kier alpha value is -0.990. The molecular formula is C14H22N4O2S. The van der Waals surface area contributed by atoms with Crippen molar-refractivity contribution in [3.05, 3.63) is 21.9 Å². The normalized spacial score (nSPS) is 24.3. The van der Waals surface area contributed by atoms with Crippen LogP contribution in [0, 0.1) is 0 Å². The average Bonchev–Trinajstić information content (AvgIpc) is 3.17.